The molecule has 0 aromatic heterocycles. The van der Waals surface area contributed by atoms with Gasteiger partial charge in [0.25, 0.3) is 0 Å². The van der Waals surface area contributed by atoms with Crippen LogP contribution in [0.2, 0.25) is 0 Å². The van der Waals surface area contributed by atoms with E-state index in [4.69, 9.17) is 0 Å². The summed E-state index contributed by atoms with van der Waals surface area (Å²) < 4.78 is 39.2. The Morgan fingerprint density at radius 3 is 2.63 bits per heavy atom. The number of carbonyl (C=O) groups excluding carboxylic acids is 1. The number of nitrogens with zero attached hydrogens (tertiary/aromatic N) is 3. The lowest BCUT2D eigenvalue weighted by Crippen LogP contribution is -2.50. The fraction of sp³-hybridized carbons (Fsp3) is 0.167. The first-order valence-electron chi connectivity index (χ1n) is 10.3. The van der Waals surface area contributed by atoms with Crippen LogP contribution in [0.15, 0.2) is 77.0 Å². The quantitative estimate of drug-likeness (QED) is 0.556. The molecule has 0 radical (unpaired) electrons. The predicted molar refractivity (Wildman–Crippen MR) is 123 cm³/mol. The lowest BCUT2D eigenvalue weighted by Gasteiger charge is -2.29. The van der Waals surface area contributed by atoms with Crippen molar-refractivity contribution in [2.24, 2.45) is 10.2 Å². The smallest absolute Gasteiger partial charge is 0.416 e. The SMILES string of the molecule is CC1=NN(c2cccc(C(F)(F)F)c2)C(=O)C1=NNC1(C(=O)O)C=CC=C(c2ccccc2O)C1. The number of alkyl halides is 3. The molecule has 2 aromatic carbocycles. The van der Waals surface area contributed by atoms with Crippen molar-refractivity contribution in [2.45, 2.75) is 25.1 Å². The molecule has 0 bridgehead atoms. The van der Waals surface area contributed by atoms with E-state index in [-0.39, 0.29) is 29.3 Å². The van der Waals surface area contributed by atoms with Crippen LogP contribution in [0.4, 0.5) is 18.9 Å². The second-order valence-electron chi connectivity index (χ2n) is 7.94. The van der Waals surface area contributed by atoms with E-state index in [1.807, 2.05) is 0 Å². The third-order valence-corrected chi connectivity index (χ3v) is 5.55. The van der Waals surface area contributed by atoms with Gasteiger partial charge in [-0.1, -0.05) is 36.4 Å². The fourth-order valence-corrected chi connectivity index (χ4v) is 3.72. The zero-order chi connectivity index (χ0) is 25.4. The van der Waals surface area contributed by atoms with Gasteiger partial charge in [-0.3, -0.25) is 10.2 Å². The van der Waals surface area contributed by atoms with Crippen LogP contribution in [0, 0.1) is 0 Å². The Morgan fingerprint density at radius 1 is 1.20 bits per heavy atom. The summed E-state index contributed by atoms with van der Waals surface area (Å²) in [6, 6.07) is 10.6. The maximum Gasteiger partial charge on any atom is 0.416 e. The van der Waals surface area contributed by atoms with Crippen molar-refractivity contribution in [1.29, 1.82) is 0 Å². The number of para-hydroxylation sites is 1. The first kappa shape index (κ1) is 23.7. The zero-order valence-electron chi connectivity index (χ0n) is 18.2. The van der Waals surface area contributed by atoms with Gasteiger partial charge in [-0.2, -0.15) is 28.4 Å². The van der Waals surface area contributed by atoms with Gasteiger partial charge in [0.2, 0.25) is 0 Å². The summed E-state index contributed by atoms with van der Waals surface area (Å²) >= 11 is 0. The van der Waals surface area contributed by atoms with Crippen molar-refractivity contribution in [3.8, 4) is 5.75 Å². The molecule has 1 amide bonds. The number of carboxylic acids is 1. The summed E-state index contributed by atoms with van der Waals surface area (Å²) in [5.74, 6) is -2.12. The normalized spacial score (nSPS) is 21.2. The number of hydrogen-bond acceptors (Lipinski definition) is 6. The number of carboxylic acid groups (broad SMARTS) is 1. The van der Waals surface area contributed by atoms with Crippen molar-refractivity contribution in [2.75, 3.05) is 5.01 Å². The maximum absolute atomic E-state index is 13.1. The number of hydrogen-bond donors (Lipinski definition) is 3. The van der Waals surface area contributed by atoms with E-state index in [0.717, 1.165) is 23.2 Å². The Morgan fingerprint density at radius 2 is 1.94 bits per heavy atom. The minimum absolute atomic E-state index is 0.0228. The van der Waals surface area contributed by atoms with Gasteiger partial charge >= 0.3 is 18.1 Å². The van der Waals surface area contributed by atoms with Crippen LogP contribution in [-0.2, 0) is 15.8 Å². The van der Waals surface area contributed by atoms with Crippen molar-refractivity contribution in [1.82, 2.24) is 5.43 Å². The van der Waals surface area contributed by atoms with Gasteiger partial charge in [0.1, 0.15) is 5.75 Å². The minimum atomic E-state index is -4.60. The maximum atomic E-state index is 13.1. The van der Waals surface area contributed by atoms with Gasteiger partial charge in [-0.15, -0.1) is 0 Å². The molecule has 0 saturated carbocycles. The fourth-order valence-electron chi connectivity index (χ4n) is 3.72. The van der Waals surface area contributed by atoms with Crippen molar-refractivity contribution in [3.05, 3.63) is 77.9 Å². The van der Waals surface area contributed by atoms with Crippen molar-refractivity contribution < 1.29 is 33.0 Å². The van der Waals surface area contributed by atoms with Crippen molar-refractivity contribution in [3.63, 3.8) is 0 Å². The molecular formula is C24H19F3N4O4. The Labute approximate surface area is 197 Å². The molecule has 2 aliphatic rings. The molecule has 1 aliphatic carbocycles. The first-order chi connectivity index (χ1) is 16.5. The number of aliphatic carboxylic acids is 1. The van der Waals surface area contributed by atoms with Gasteiger partial charge in [-0.05, 0) is 42.8 Å². The number of carbonyl (C=O) groups is 2. The van der Waals surface area contributed by atoms with Gasteiger partial charge in [-0.25, -0.2) is 4.79 Å². The summed E-state index contributed by atoms with van der Waals surface area (Å²) in [4.78, 5) is 25.1. The molecule has 1 heterocycles. The molecule has 0 fully saturated rings. The lowest BCUT2D eigenvalue weighted by molar-refractivity contribution is -0.142. The predicted octanol–water partition coefficient (Wildman–Crippen LogP) is 3.95. The number of phenolic OH excluding ortho intramolecular Hbond substituents is 1. The molecule has 35 heavy (non-hydrogen) atoms. The second kappa shape index (κ2) is 8.75. The Hall–Kier alpha value is -4.41. The summed E-state index contributed by atoms with van der Waals surface area (Å²) in [5, 5.41) is 28.9. The summed E-state index contributed by atoms with van der Waals surface area (Å²) in [5.41, 5.74) is 0.560. The Bertz CT molecular complexity index is 1330. The molecule has 3 N–H and O–H groups in total. The number of phenols is 1. The third kappa shape index (κ3) is 4.52. The highest BCUT2D eigenvalue weighted by atomic mass is 19.4. The minimum Gasteiger partial charge on any atom is -0.507 e. The zero-order valence-corrected chi connectivity index (χ0v) is 18.2. The van der Waals surface area contributed by atoms with Gasteiger partial charge < -0.3 is 10.2 Å². The van der Waals surface area contributed by atoms with Crippen LogP contribution in [0.25, 0.3) is 5.57 Å². The Kier molecular flexibility index (Phi) is 5.93. The molecule has 2 aromatic rings. The number of aromatic hydroxyl groups is 1. The largest absolute Gasteiger partial charge is 0.507 e. The van der Waals surface area contributed by atoms with Gasteiger partial charge in [0.05, 0.1) is 17.0 Å². The monoisotopic (exact) mass is 484 g/mol. The van der Waals surface area contributed by atoms with Gasteiger partial charge in [0.15, 0.2) is 11.3 Å². The van der Waals surface area contributed by atoms with E-state index >= 15 is 0 Å². The summed E-state index contributed by atoms with van der Waals surface area (Å²) in [6.07, 6.45) is -0.184. The molecule has 4 rings (SSSR count). The number of benzene rings is 2. The van der Waals surface area contributed by atoms with Crippen LogP contribution in [0.1, 0.15) is 24.5 Å². The van der Waals surface area contributed by atoms with E-state index in [1.54, 1.807) is 24.3 Å². The molecule has 0 saturated heterocycles. The topological polar surface area (TPSA) is 115 Å². The first-order valence-corrected chi connectivity index (χ1v) is 10.3. The lowest BCUT2D eigenvalue weighted by atomic mass is 9.84. The number of hydrazone groups is 2. The molecule has 11 heteroatoms. The molecule has 1 unspecified atom stereocenters. The molecule has 8 nitrogen and oxygen atoms in total. The number of nitrogens with one attached hydrogen (secondary N) is 1. The molecule has 1 aliphatic heterocycles. The number of amides is 1. The standard InChI is InChI=1S/C24H19F3N4O4/c1-14-20(21(33)31(29-14)17-8-4-7-16(12-17)24(25,26)27)28-30-23(22(34)35)11-5-6-15(13-23)18-9-2-3-10-19(18)32/h2-12,30,32H,13H2,1H3,(H,34,35). The highest BCUT2D eigenvalue weighted by Gasteiger charge is 2.40. The van der Waals surface area contributed by atoms with Crippen LogP contribution in [-0.4, -0.2) is 39.1 Å². The second-order valence-corrected chi connectivity index (χ2v) is 7.94. The van der Waals surface area contributed by atoms with E-state index in [2.05, 4.69) is 15.6 Å². The summed E-state index contributed by atoms with van der Waals surface area (Å²) in [6.45, 7) is 1.43. The average Bonchev–Trinajstić information content (AvgIpc) is 3.11. The third-order valence-electron chi connectivity index (χ3n) is 5.55. The number of anilines is 1. The van der Waals surface area contributed by atoms with E-state index in [0.29, 0.717) is 11.1 Å². The highest BCUT2D eigenvalue weighted by molar-refractivity contribution is 6.71. The van der Waals surface area contributed by atoms with Crippen LogP contribution < -0.4 is 10.4 Å². The molecular weight excluding hydrogens is 465 g/mol. The van der Waals surface area contributed by atoms with E-state index < -0.39 is 29.2 Å². The van der Waals surface area contributed by atoms with Crippen LogP contribution in [0.3, 0.4) is 0 Å². The highest BCUT2D eigenvalue weighted by Crippen LogP contribution is 2.35. The molecule has 0 spiro atoms. The van der Waals surface area contributed by atoms with Crippen molar-refractivity contribution >= 4 is 34.6 Å². The number of allylic oxidation sites excluding steroid dienone is 2. The van der Waals surface area contributed by atoms with Crippen LogP contribution in [0.5, 0.6) is 5.75 Å². The Balaban J connectivity index is 1.60. The van der Waals surface area contributed by atoms with Crippen LogP contribution >= 0.6 is 0 Å². The average molecular weight is 484 g/mol. The van der Waals surface area contributed by atoms with E-state index in [9.17, 15) is 33.0 Å². The van der Waals surface area contributed by atoms with Gasteiger partial charge in [0, 0.05) is 12.0 Å². The number of rotatable bonds is 5. The number of halogens is 3. The van der Waals surface area contributed by atoms with E-state index in [1.165, 1.54) is 31.2 Å². The summed E-state index contributed by atoms with van der Waals surface area (Å²) in [7, 11) is 0. The molecule has 1 atom stereocenters. The molecule has 180 valence electrons.